The molecule has 0 fully saturated rings. The topological polar surface area (TPSA) is 67.8 Å². The van der Waals surface area contributed by atoms with Crippen molar-refractivity contribution in [3.05, 3.63) is 0 Å². The molecule has 0 bridgehead atoms. The minimum atomic E-state index is -0.273. The molecule has 0 heterocycles. The third kappa shape index (κ3) is 3.23. The number of hydrogen-bond donors (Lipinski definition) is 2. The Balaban J connectivity index is 4.10. The van der Waals surface area contributed by atoms with Gasteiger partial charge < -0.3 is 15.7 Å². The SMILES string of the molecule is CCOC(/C(N)=N/O)C(C)C. The van der Waals surface area contributed by atoms with Crippen molar-refractivity contribution in [2.24, 2.45) is 16.8 Å². The first kappa shape index (κ1) is 10.2. The summed E-state index contributed by atoms with van der Waals surface area (Å²) in [6.45, 7) is 6.36. The Labute approximate surface area is 67.0 Å². The second-order valence-electron chi connectivity index (χ2n) is 2.64. The van der Waals surface area contributed by atoms with Crippen LogP contribution in [0, 0.1) is 5.92 Å². The Kier molecular flexibility index (Phi) is 4.61. The normalized spacial score (nSPS) is 15.5. The molecule has 1 unspecified atom stereocenters. The highest BCUT2D eigenvalue weighted by molar-refractivity contribution is 5.84. The first-order valence-electron chi connectivity index (χ1n) is 3.72. The van der Waals surface area contributed by atoms with Crippen molar-refractivity contribution in [2.75, 3.05) is 6.61 Å². The third-order valence-electron chi connectivity index (χ3n) is 1.36. The van der Waals surface area contributed by atoms with Crippen molar-refractivity contribution in [3.8, 4) is 0 Å². The molecule has 1 atom stereocenters. The van der Waals surface area contributed by atoms with Gasteiger partial charge in [0.15, 0.2) is 5.84 Å². The minimum Gasteiger partial charge on any atom is -0.409 e. The zero-order valence-electron chi connectivity index (χ0n) is 7.24. The molecule has 0 rings (SSSR count). The van der Waals surface area contributed by atoms with Gasteiger partial charge in [0.25, 0.3) is 0 Å². The van der Waals surface area contributed by atoms with E-state index in [0.717, 1.165) is 0 Å². The zero-order valence-corrected chi connectivity index (χ0v) is 7.24. The molecule has 0 spiro atoms. The van der Waals surface area contributed by atoms with Gasteiger partial charge in [-0.3, -0.25) is 0 Å². The number of rotatable bonds is 4. The molecule has 0 amide bonds. The van der Waals surface area contributed by atoms with Gasteiger partial charge in [-0.15, -0.1) is 0 Å². The molecule has 0 aromatic carbocycles. The van der Waals surface area contributed by atoms with Crippen LogP contribution in [-0.4, -0.2) is 23.8 Å². The fraction of sp³-hybridized carbons (Fsp3) is 0.857. The minimum absolute atomic E-state index is 0.141. The number of oxime groups is 1. The predicted molar refractivity (Wildman–Crippen MR) is 43.7 cm³/mol. The second kappa shape index (κ2) is 4.96. The molecular weight excluding hydrogens is 144 g/mol. The van der Waals surface area contributed by atoms with E-state index in [-0.39, 0.29) is 17.9 Å². The van der Waals surface area contributed by atoms with Gasteiger partial charge in [0.1, 0.15) is 6.10 Å². The fourth-order valence-corrected chi connectivity index (χ4v) is 0.856. The van der Waals surface area contributed by atoms with Gasteiger partial charge in [-0.1, -0.05) is 19.0 Å². The Bertz CT molecular complexity index is 134. The van der Waals surface area contributed by atoms with Crippen LogP contribution in [0.2, 0.25) is 0 Å². The lowest BCUT2D eigenvalue weighted by atomic mass is 10.1. The molecule has 3 N–H and O–H groups in total. The molecule has 0 saturated heterocycles. The van der Waals surface area contributed by atoms with E-state index in [4.69, 9.17) is 15.7 Å². The first-order valence-corrected chi connectivity index (χ1v) is 3.72. The van der Waals surface area contributed by atoms with Crippen LogP contribution in [0.1, 0.15) is 20.8 Å². The smallest absolute Gasteiger partial charge is 0.168 e. The summed E-state index contributed by atoms with van der Waals surface area (Å²) in [6.07, 6.45) is -0.273. The summed E-state index contributed by atoms with van der Waals surface area (Å²) < 4.78 is 5.24. The maximum Gasteiger partial charge on any atom is 0.168 e. The van der Waals surface area contributed by atoms with E-state index in [1.165, 1.54) is 0 Å². The summed E-state index contributed by atoms with van der Waals surface area (Å²) in [5.74, 6) is 0.368. The summed E-state index contributed by atoms with van der Waals surface area (Å²) in [6, 6.07) is 0. The van der Waals surface area contributed by atoms with E-state index >= 15 is 0 Å². The Morgan fingerprint density at radius 3 is 2.45 bits per heavy atom. The van der Waals surface area contributed by atoms with Crippen LogP contribution in [0.3, 0.4) is 0 Å². The van der Waals surface area contributed by atoms with Gasteiger partial charge >= 0.3 is 0 Å². The van der Waals surface area contributed by atoms with Crippen molar-refractivity contribution in [2.45, 2.75) is 26.9 Å². The number of nitrogens with two attached hydrogens (primary N) is 1. The summed E-state index contributed by atoms with van der Waals surface area (Å²) in [5.41, 5.74) is 5.38. The van der Waals surface area contributed by atoms with Crippen LogP contribution < -0.4 is 5.73 Å². The van der Waals surface area contributed by atoms with E-state index in [9.17, 15) is 0 Å². The third-order valence-corrected chi connectivity index (χ3v) is 1.36. The van der Waals surface area contributed by atoms with Crippen molar-refractivity contribution in [1.29, 1.82) is 0 Å². The van der Waals surface area contributed by atoms with Crippen LogP contribution in [-0.2, 0) is 4.74 Å². The number of hydrogen-bond acceptors (Lipinski definition) is 3. The number of ether oxygens (including phenoxy) is 1. The first-order chi connectivity index (χ1) is 5.13. The molecule has 66 valence electrons. The highest BCUT2D eigenvalue weighted by atomic mass is 16.5. The average molecular weight is 160 g/mol. The van der Waals surface area contributed by atoms with E-state index in [2.05, 4.69) is 5.16 Å². The van der Waals surface area contributed by atoms with Gasteiger partial charge in [0.05, 0.1) is 0 Å². The van der Waals surface area contributed by atoms with Gasteiger partial charge in [0, 0.05) is 6.61 Å². The van der Waals surface area contributed by atoms with Crippen LogP contribution >= 0.6 is 0 Å². The molecule has 0 aliphatic rings. The van der Waals surface area contributed by atoms with E-state index in [1.54, 1.807) is 0 Å². The van der Waals surface area contributed by atoms with Gasteiger partial charge in [-0.05, 0) is 12.8 Å². The maximum absolute atomic E-state index is 8.36. The molecular formula is C7H16N2O2. The summed E-state index contributed by atoms with van der Waals surface area (Å²) >= 11 is 0. The average Bonchev–Trinajstić information content (AvgIpc) is 1.98. The Morgan fingerprint density at radius 1 is 1.64 bits per heavy atom. The molecule has 0 aromatic heterocycles. The number of nitrogens with zero attached hydrogens (tertiary/aromatic N) is 1. The standard InChI is InChI=1S/C7H16N2O2/c1-4-11-6(5(2)3)7(8)9-10/h5-6,10H,4H2,1-3H3,(H2,8,9). The molecule has 0 radical (unpaired) electrons. The van der Waals surface area contributed by atoms with Crippen LogP contribution in [0.15, 0.2) is 5.16 Å². The van der Waals surface area contributed by atoms with Gasteiger partial charge in [-0.25, -0.2) is 0 Å². The second-order valence-corrected chi connectivity index (χ2v) is 2.64. The molecule has 0 aromatic rings. The maximum atomic E-state index is 8.36. The lowest BCUT2D eigenvalue weighted by molar-refractivity contribution is 0.0748. The van der Waals surface area contributed by atoms with Crippen molar-refractivity contribution in [1.82, 2.24) is 0 Å². The molecule has 0 aliphatic carbocycles. The summed E-state index contributed by atoms with van der Waals surface area (Å²) in [4.78, 5) is 0. The Hall–Kier alpha value is -0.770. The van der Waals surface area contributed by atoms with Crippen LogP contribution in [0.4, 0.5) is 0 Å². The van der Waals surface area contributed by atoms with E-state index in [1.807, 2.05) is 20.8 Å². The molecule has 4 nitrogen and oxygen atoms in total. The van der Waals surface area contributed by atoms with Crippen molar-refractivity contribution < 1.29 is 9.94 Å². The molecule has 0 saturated carbocycles. The monoisotopic (exact) mass is 160 g/mol. The van der Waals surface area contributed by atoms with Gasteiger partial charge in [0.2, 0.25) is 0 Å². The number of amidine groups is 1. The fourth-order valence-electron chi connectivity index (χ4n) is 0.856. The highest BCUT2D eigenvalue weighted by Gasteiger charge is 2.17. The van der Waals surface area contributed by atoms with Gasteiger partial charge in [-0.2, -0.15) is 0 Å². The van der Waals surface area contributed by atoms with Crippen molar-refractivity contribution >= 4 is 5.84 Å². The highest BCUT2D eigenvalue weighted by Crippen LogP contribution is 2.05. The Morgan fingerprint density at radius 2 is 2.18 bits per heavy atom. The van der Waals surface area contributed by atoms with Crippen LogP contribution in [0.25, 0.3) is 0 Å². The lowest BCUT2D eigenvalue weighted by Crippen LogP contribution is -2.35. The van der Waals surface area contributed by atoms with Crippen LogP contribution in [0.5, 0.6) is 0 Å². The molecule has 11 heavy (non-hydrogen) atoms. The van der Waals surface area contributed by atoms with E-state index < -0.39 is 0 Å². The summed E-state index contributed by atoms with van der Waals surface area (Å²) in [5, 5.41) is 11.3. The quantitative estimate of drug-likeness (QED) is 0.276. The van der Waals surface area contributed by atoms with E-state index in [0.29, 0.717) is 6.61 Å². The predicted octanol–water partition coefficient (Wildman–Crippen LogP) is 0.794. The zero-order chi connectivity index (χ0) is 8.85. The van der Waals surface area contributed by atoms with Crippen molar-refractivity contribution in [3.63, 3.8) is 0 Å². The molecule has 4 heteroatoms. The summed E-state index contributed by atoms with van der Waals surface area (Å²) in [7, 11) is 0. The lowest BCUT2D eigenvalue weighted by Gasteiger charge is -2.18. The largest absolute Gasteiger partial charge is 0.409 e. The molecule has 0 aliphatic heterocycles.